The molecule has 0 aliphatic rings. The Kier molecular flexibility index (Phi) is 16.4. The smallest absolute Gasteiger partial charge is 0.479 e. The molecule has 0 fully saturated rings. The van der Waals surface area contributed by atoms with Crippen molar-refractivity contribution in [2.24, 2.45) is 0 Å². The summed E-state index contributed by atoms with van der Waals surface area (Å²) >= 11 is -0.706. The van der Waals surface area contributed by atoms with E-state index in [2.05, 4.69) is 32.4 Å². The van der Waals surface area contributed by atoms with Crippen molar-refractivity contribution in [2.45, 2.75) is 73.0 Å². The molecule has 20 heavy (non-hydrogen) atoms. The summed E-state index contributed by atoms with van der Waals surface area (Å²) in [7, 11) is 0. The number of ketones is 1. The Bertz CT molecular complexity index is 248. The Morgan fingerprint density at radius 3 is 1.75 bits per heavy atom. The minimum absolute atomic E-state index is 0.103. The fourth-order valence-corrected chi connectivity index (χ4v) is 1.94. The molecule has 0 aliphatic heterocycles. The zero-order valence-electron chi connectivity index (χ0n) is 13.7. The van der Waals surface area contributed by atoms with E-state index in [1.54, 1.807) is 6.92 Å². The summed E-state index contributed by atoms with van der Waals surface area (Å²) in [5, 5.41) is 0. The molecule has 0 spiro atoms. The molecular formula is C14H29AlO5. The van der Waals surface area contributed by atoms with E-state index in [4.69, 9.17) is 7.58 Å². The van der Waals surface area contributed by atoms with Gasteiger partial charge in [-0.2, -0.15) is 0 Å². The molecule has 0 saturated carbocycles. The molecular weight excluding hydrogens is 275 g/mol. The normalized spacial score (nSPS) is 12.7. The van der Waals surface area contributed by atoms with Crippen molar-refractivity contribution in [3.63, 3.8) is 0 Å². The van der Waals surface area contributed by atoms with Crippen LogP contribution in [0, 0.1) is 0 Å². The average Bonchev–Trinajstić information content (AvgIpc) is 2.38. The zero-order chi connectivity index (χ0) is 16.0. The van der Waals surface area contributed by atoms with Gasteiger partial charge in [-0.25, -0.2) is 0 Å². The van der Waals surface area contributed by atoms with E-state index in [1.165, 1.54) is 6.92 Å². The number of carbonyl (C=O) groups is 2. The molecule has 118 valence electrons. The molecule has 6 heteroatoms. The number of Topliss-reactive ketones (excluding diaryl/α,β-unsaturated/α-hetero) is 1. The maximum Gasteiger partial charge on any atom is 0.650 e. The van der Waals surface area contributed by atoms with Gasteiger partial charge in [0.1, 0.15) is 12.2 Å². The number of esters is 1. The molecule has 0 radical (unpaired) electrons. The lowest BCUT2D eigenvalue weighted by Crippen LogP contribution is -2.17. The highest BCUT2D eigenvalue weighted by Crippen LogP contribution is 1.98. The van der Waals surface area contributed by atoms with Crippen molar-refractivity contribution < 1.29 is 21.9 Å². The first-order chi connectivity index (χ1) is 9.37. The van der Waals surface area contributed by atoms with Gasteiger partial charge in [0, 0.05) is 12.2 Å². The molecule has 0 bridgehead atoms. The second kappa shape index (κ2) is 15.0. The first kappa shape index (κ1) is 21.9. The number of hydrogen-bond donors (Lipinski definition) is 0. The molecule has 0 rings (SSSR count). The summed E-state index contributed by atoms with van der Waals surface area (Å²) in [6, 6.07) is 0. The molecule has 5 nitrogen and oxygen atoms in total. The molecule has 0 aromatic heterocycles. The van der Waals surface area contributed by atoms with E-state index in [-0.39, 0.29) is 12.2 Å². The first-order valence-corrected chi connectivity index (χ1v) is 8.40. The van der Waals surface area contributed by atoms with Crippen molar-refractivity contribution in [1.29, 1.82) is 0 Å². The Hall–Kier alpha value is -0.408. The summed E-state index contributed by atoms with van der Waals surface area (Å²) in [4.78, 5) is 20.6. The highest BCUT2D eigenvalue weighted by atomic mass is 27.2. The lowest BCUT2D eigenvalue weighted by Gasteiger charge is -2.13. The Morgan fingerprint density at radius 1 is 1.00 bits per heavy atom. The lowest BCUT2D eigenvalue weighted by atomic mass is 10.3. The van der Waals surface area contributed by atoms with Crippen LogP contribution in [0.4, 0.5) is 0 Å². The Labute approximate surface area is 129 Å². The fraction of sp³-hybridized carbons (Fsp3) is 0.857. The van der Waals surface area contributed by atoms with Gasteiger partial charge >= 0.3 is 21.9 Å². The van der Waals surface area contributed by atoms with Gasteiger partial charge in [0.2, 0.25) is 0 Å². The third kappa shape index (κ3) is 17.6. The highest BCUT2D eigenvalue weighted by molar-refractivity contribution is 6.18. The minimum atomic E-state index is -0.706. The van der Waals surface area contributed by atoms with Crippen LogP contribution in [0.3, 0.4) is 0 Å². The molecule has 0 amide bonds. The second-order valence-electron chi connectivity index (χ2n) is 4.57. The molecule has 0 aromatic carbocycles. The maximum atomic E-state index is 10.4. The quantitative estimate of drug-likeness (QED) is 0.372. The number of ether oxygens (including phenoxy) is 1. The maximum absolute atomic E-state index is 10.4. The number of carbonyl (C=O) groups excluding carboxylic acids is 2. The van der Waals surface area contributed by atoms with E-state index < -0.39 is 21.9 Å². The molecule has 0 heterocycles. The van der Waals surface area contributed by atoms with Gasteiger partial charge in [-0.15, -0.1) is 0 Å². The van der Waals surface area contributed by atoms with Crippen LogP contribution in [0.2, 0.25) is 0 Å². The van der Waals surface area contributed by atoms with E-state index >= 15 is 0 Å². The number of hydrogen-bond acceptors (Lipinski definition) is 5. The number of rotatable bonds is 9. The summed E-state index contributed by atoms with van der Waals surface area (Å²) in [5.41, 5.74) is 0. The van der Waals surface area contributed by atoms with Crippen molar-refractivity contribution in [2.75, 3.05) is 6.61 Å². The van der Waals surface area contributed by atoms with Crippen LogP contribution in [-0.4, -0.2) is 46.5 Å². The second-order valence-corrected chi connectivity index (χ2v) is 5.48. The molecule has 2 unspecified atom stereocenters. The monoisotopic (exact) mass is 304 g/mol. The Morgan fingerprint density at radius 2 is 1.45 bits per heavy atom. The van der Waals surface area contributed by atoms with Crippen molar-refractivity contribution >= 4 is 27.6 Å². The first-order valence-electron chi connectivity index (χ1n) is 7.25. The SMILES string of the molecule is CCC(C)[O][AlH][O]C(C)CC.CCOC(=O)CC(C)=O. The van der Waals surface area contributed by atoms with Gasteiger partial charge in [-0.1, -0.05) is 13.8 Å². The van der Waals surface area contributed by atoms with Crippen LogP contribution in [0.15, 0.2) is 0 Å². The van der Waals surface area contributed by atoms with Crippen LogP contribution in [-0.2, 0) is 21.9 Å². The van der Waals surface area contributed by atoms with Crippen molar-refractivity contribution in [3.8, 4) is 0 Å². The minimum Gasteiger partial charge on any atom is -0.479 e. The molecule has 2 atom stereocenters. The summed E-state index contributed by atoms with van der Waals surface area (Å²) < 4.78 is 15.5. The average molecular weight is 304 g/mol. The standard InChI is InChI=1S/C6H10O3.2C4H9O.Al.H/c1-3-9-6(8)4-5(2)7;2*1-3-4(2)5;;/h3-4H2,1-2H3;2*4H,3H2,1-2H3;;/q;2*-1;+2;. The van der Waals surface area contributed by atoms with E-state index in [0.717, 1.165) is 12.8 Å². The van der Waals surface area contributed by atoms with Crippen LogP contribution < -0.4 is 0 Å². The van der Waals surface area contributed by atoms with Gasteiger partial charge in [0.05, 0.1) is 6.61 Å². The molecule has 0 N–H and O–H groups in total. The fourth-order valence-electron chi connectivity index (χ4n) is 0.923. The van der Waals surface area contributed by atoms with E-state index in [9.17, 15) is 9.59 Å². The summed E-state index contributed by atoms with van der Waals surface area (Å²) in [6.07, 6.45) is 2.82. The third-order valence-corrected chi connectivity index (χ3v) is 3.96. The lowest BCUT2D eigenvalue weighted by molar-refractivity contribution is -0.145. The molecule has 0 aromatic rings. The van der Waals surface area contributed by atoms with Crippen LogP contribution >= 0.6 is 0 Å². The van der Waals surface area contributed by atoms with Crippen LogP contribution in [0.5, 0.6) is 0 Å². The van der Waals surface area contributed by atoms with Crippen molar-refractivity contribution in [3.05, 3.63) is 0 Å². The van der Waals surface area contributed by atoms with Gasteiger partial charge < -0.3 is 12.3 Å². The van der Waals surface area contributed by atoms with Gasteiger partial charge in [0.15, 0.2) is 0 Å². The van der Waals surface area contributed by atoms with Crippen molar-refractivity contribution in [1.82, 2.24) is 0 Å². The molecule has 0 saturated heterocycles. The highest BCUT2D eigenvalue weighted by Gasteiger charge is 2.05. The van der Waals surface area contributed by atoms with Gasteiger partial charge in [-0.05, 0) is 40.5 Å². The predicted octanol–water partition coefficient (Wildman–Crippen LogP) is 2.41. The topological polar surface area (TPSA) is 61.8 Å². The summed E-state index contributed by atoms with van der Waals surface area (Å²) in [6.45, 7) is 11.8. The molecule has 0 aliphatic carbocycles. The van der Waals surface area contributed by atoms with E-state index in [0.29, 0.717) is 18.8 Å². The van der Waals surface area contributed by atoms with E-state index in [1.807, 2.05) is 0 Å². The van der Waals surface area contributed by atoms with Crippen LogP contribution in [0.1, 0.15) is 60.8 Å². The van der Waals surface area contributed by atoms with Gasteiger partial charge in [0.25, 0.3) is 0 Å². The predicted molar refractivity (Wildman–Crippen MR) is 80.8 cm³/mol. The third-order valence-electron chi connectivity index (χ3n) is 2.55. The van der Waals surface area contributed by atoms with Crippen LogP contribution in [0.25, 0.3) is 0 Å². The largest absolute Gasteiger partial charge is 0.650 e. The summed E-state index contributed by atoms with van der Waals surface area (Å²) in [5.74, 6) is -0.599. The Balaban J connectivity index is 0. The van der Waals surface area contributed by atoms with Gasteiger partial charge in [-0.3, -0.25) is 9.59 Å². The zero-order valence-corrected chi connectivity index (χ0v) is 15.1.